The number of hydrogen-bond donors (Lipinski definition) is 3. The van der Waals surface area contributed by atoms with Crippen molar-refractivity contribution in [2.45, 2.75) is 12.5 Å². The fourth-order valence-electron chi connectivity index (χ4n) is 2.22. The molecule has 0 spiro atoms. The van der Waals surface area contributed by atoms with Crippen molar-refractivity contribution in [2.24, 2.45) is 23.1 Å². The molecule has 5 heteroatoms. The molecule has 2 atom stereocenters. The van der Waals surface area contributed by atoms with Gasteiger partial charge >= 0.3 is 0 Å². The molecule has 6 N–H and O–H groups in total. The molecule has 2 unspecified atom stereocenters. The maximum absolute atomic E-state index is 12.5. The van der Waals surface area contributed by atoms with Crippen LogP contribution in [0.2, 0.25) is 0 Å². The van der Waals surface area contributed by atoms with E-state index < -0.39 is 23.0 Å². The summed E-state index contributed by atoms with van der Waals surface area (Å²) < 4.78 is 0. The van der Waals surface area contributed by atoms with E-state index >= 15 is 0 Å². The van der Waals surface area contributed by atoms with Crippen LogP contribution in [-0.2, 0) is 4.79 Å². The summed E-state index contributed by atoms with van der Waals surface area (Å²) in [6, 6.07) is 8.28. The zero-order valence-electron chi connectivity index (χ0n) is 11.2. The summed E-state index contributed by atoms with van der Waals surface area (Å²) in [4.78, 5) is 24.7. The molecule has 1 aliphatic carbocycles. The van der Waals surface area contributed by atoms with Crippen LogP contribution in [0, 0.1) is 5.92 Å². The Labute approximate surface area is 117 Å². The summed E-state index contributed by atoms with van der Waals surface area (Å²) in [5.41, 5.74) is 17.1. The number of benzene rings is 1. The highest BCUT2D eigenvalue weighted by molar-refractivity contribution is 6.47. The molecular weight excluding hydrogens is 254 g/mol. The number of carbonyl (C=O) groups excluding carboxylic acids is 2. The first-order valence-electron chi connectivity index (χ1n) is 6.24. The minimum absolute atomic E-state index is 0.289. The fraction of sp³-hybridized carbons (Fsp3) is 0.200. The van der Waals surface area contributed by atoms with Gasteiger partial charge in [0.25, 0.3) is 0 Å². The number of Topliss-reactive ketones (excluding diaryl/α,β-unsaturated/α-hetero) is 2. The van der Waals surface area contributed by atoms with Crippen LogP contribution in [0.5, 0.6) is 0 Å². The van der Waals surface area contributed by atoms with Crippen molar-refractivity contribution in [1.82, 2.24) is 0 Å². The van der Waals surface area contributed by atoms with Gasteiger partial charge in [0.2, 0.25) is 11.6 Å². The van der Waals surface area contributed by atoms with Gasteiger partial charge < -0.3 is 17.2 Å². The highest BCUT2D eigenvalue weighted by atomic mass is 16.2. The van der Waals surface area contributed by atoms with Crippen molar-refractivity contribution >= 4 is 11.6 Å². The molecule has 0 saturated heterocycles. The van der Waals surface area contributed by atoms with E-state index in [9.17, 15) is 9.59 Å². The molecule has 5 nitrogen and oxygen atoms in total. The van der Waals surface area contributed by atoms with E-state index in [1.165, 1.54) is 6.08 Å². The van der Waals surface area contributed by atoms with Crippen LogP contribution in [0.25, 0.3) is 0 Å². The summed E-state index contributed by atoms with van der Waals surface area (Å²) in [7, 11) is 0. The molecule has 1 aliphatic rings. The second-order valence-electron chi connectivity index (χ2n) is 4.97. The van der Waals surface area contributed by atoms with Crippen LogP contribution in [0.15, 0.2) is 53.9 Å². The highest BCUT2D eigenvalue weighted by Crippen LogP contribution is 2.28. The third-order valence-electron chi connectivity index (χ3n) is 3.59. The molecular formula is C15H17N3O2. The lowest BCUT2D eigenvalue weighted by Gasteiger charge is -2.34. The van der Waals surface area contributed by atoms with Crippen LogP contribution in [-0.4, -0.2) is 17.1 Å². The second kappa shape index (κ2) is 4.94. The van der Waals surface area contributed by atoms with E-state index in [4.69, 9.17) is 17.2 Å². The monoisotopic (exact) mass is 271 g/mol. The third kappa shape index (κ3) is 2.23. The molecule has 0 aliphatic heterocycles. The lowest BCUT2D eigenvalue weighted by Crippen LogP contribution is -2.57. The van der Waals surface area contributed by atoms with E-state index in [1.54, 1.807) is 43.3 Å². The van der Waals surface area contributed by atoms with Gasteiger partial charge in [0.15, 0.2) is 0 Å². The first-order valence-corrected chi connectivity index (χ1v) is 6.24. The van der Waals surface area contributed by atoms with E-state index in [-0.39, 0.29) is 5.70 Å². The number of ketones is 2. The Hall–Kier alpha value is -2.40. The predicted molar refractivity (Wildman–Crippen MR) is 76.4 cm³/mol. The average Bonchev–Trinajstić information content (AvgIpc) is 2.44. The Morgan fingerprint density at radius 1 is 1.15 bits per heavy atom. The largest absolute Gasteiger partial charge is 0.402 e. The van der Waals surface area contributed by atoms with Crippen LogP contribution < -0.4 is 17.2 Å². The van der Waals surface area contributed by atoms with E-state index in [0.717, 1.165) is 0 Å². The van der Waals surface area contributed by atoms with Crippen LogP contribution >= 0.6 is 0 Å². The summed E-state index contributed by atoms with van der Waals surface area (Å²) in [6.07, 6.45) is 2.95. The number of nitrogens with two attached hydrogens (primary N) is 3. The maximum Gasteiger partial charge on any atom is 0.230 e. The average molecular weight is 271 g/mol. The minimum Gasteiger partial charge on any atom is -0.402 e. The van der Waals surface area contributed by atoms with Gasteiger partial charge in [-0.2, -0.15) is 0 Å². The molecule has 20 heavy (non-hydrogen) atoms. The molecule has 1 aromatic rings. The molecule has 104 valence electrons. The molecule has 1 aromatic carbocycles. The highest BCUT2D eigenvalue weighted by Gasteiger charge is 2.44. The summed E-state index contributed by atoms with van der Waals surface area (Å²) >= 11 is 0. The SMILES string of the molecule is CC1C(N)=CC(N)=CC1(N)C(=O)C(=O)c1ccccc1. The summed E-state index contributed by atoms with van der Waals surface area (Å²) in [5.74, 6) is -1.84. The zero-order chi connectivity index (χ0) is 14.9. The van der Waals surface area contributed by atoms with Crippen molar-refractivity contribution in [2.75, 3.05) is 0 Å². The van der Waals surface area contributed by atoms with E-state index in [2.05, 4.69) is 0 Å². The van der Waals surface area contributed by atoms with Crippen molar-refractivity contribution in [1.29, 1.82) is 0 Å². The van der Waals surface area contributed by atoms with Gasteiger partial charge in [-0.15, -0.1) is 0 Å². The second-order valence-corrected chi connectivity index (χ2v) is 4.97. The molecule has 0 radical (unpaired) electrons. The standard InChI is InChI=1S/C15H17N3O2/c1-9-12(17)7-11(16)8-15(9,18)14(20)13(19)10-5-3-2-4-6-10/h2-9H,16-18H2,1H3. The van der Waals surface area contributed by atoms with E-state index in [0.29, 0.717) is 11.3 Å². The van der Waals surface area contributed by atoms with Gasteiger partial charge in [-0.25, -0.2) is 0 Å². The molecule has 0 heterocycles. The van der Waals surface area contributed by atoms with Gasteiger partial charge in [0.05, 0.1) is 0 Å². The van der Waals surface area contributed by atoms with E-state index in [1.807, 2.05) is 0 Å². The molecule has 0 saturated carbocycles. The Kier molecular flexibility index (Phi) is 3.46. The Bertz CT molecular complexity index is 619. The van der Waals surface area contributed by atoms with Gasteiger partial charge in [0, 0.05) is 22.9 Å². The fourth-order valence-corrected chi connectivity index (χ4v) is 2.22. The number of rotatable bonds is 3. The normalized spacial score (nSPS) is 25.6. The molecule has 0 fully saturated rings. The molecule has 0 amide bonds. The van der Waals surface area contributed by atoms with Crippen molar-refractivity contribution in [3.63, 3.8) is 0 Å². The molecule has 2 rings (SSSR count). The summed E-state index contributed by atoms with van der Waals surface area (Å²) in [6.45, 7) is 1.70. The lowest BCUT2D eigenvalue weighted by molar-refractivity contribution is -0.119. The first-order chi connectivity index (χ1) is 9.36. The van der Waals surface area contributed by atoms with Crippen LogP contribution in [0.1, 0.15) is 17.3 Å². The Morgan fingerprint density at radius 2 is 1.75 bits per heavy atom. The van der Waals surface area contributed by atoms with Gasteiger partial charge in [0.1, 0.15) is 5.54 Å². The third-order valence-corrected chi connectivity index (χ3v) is 3.59. The van der Waals surface area contributed by atoms with Crippen molar-refractivity contribution < 1.29 is 9.59 Å². The lowest BCUT2D eigenvalue weighted by atomic mass is 9.75. The number of allylic oxidation sites excluding steroid dienone is 1. The minimum atomic E-state index is -1.50. The van der Waals surface area contributed by atoms with Gasteiger partial charge in [-0.3, -0.25) is 9.59 Å². The Balaban J connectivity index is 2.38. The van der Waals surface area contributed by atoms with Crippen LogP contribution in [0.4, 0.5) is 0 Å². The zero-order valence-corrected chi connectivity index (χ0v) is 11.2. The quantitative estimate of drug-likeness (QED) is 0.546. The van der Waals surface area contributed by atoms with Gasteiger partial charge in [-0.1, -0.05) is 37.3 Å². The maximum atomic E-state index is 12.5. The van der Waals surface area contributed by atoms with Crippen molar-refractivity contribution in [3.8, 4) is 0 Å². The number of carbonyl (C=O) groups is 2. The predicted octanol–water partition coefficient (Wildman–Crippen LogP) is 0.471. The molecule has 0 aromatic heterocycles. The van der Waals surface area contributed by atoms with Crippen LogP contribution in [0.3, 0.4) is 0 Å². The van der Waals surface area contributed by atoms with Gasteiger partial charge in [-0.05, 0) is 12.2 Å². The first kappa shape index (κ1) is 14.0. The number of hydrogen-bond acceptors (Lipinski definition) is 5. The smallest absolute Gasteiger partial charge is 0.230 e. The topological polar surface area (TPSA) is 112 Å². The summed E-state index contributed by atoms with van der Waals surface area (Å²) in [5, 5.41) is 0. The Morgan fingerprint density at radius 3 is 2.35 bits per heavy atom. The molecule has 0 bridgehead atoms. The van der Waals surface area contributed by atoms with Crippen molar-refractivity contribution in [3.05, 3.63) is 59.4 Å².